The zero-order valence-electron chi connectivity index (χ0n) is 80.9. The van der Waals surface area contributed by atoms with Crippen LogP contribution in [-0.2, 0) is 39.9 Å². The Kier molecular flexibility index (Phi) is 30.8. The largest absolute Gasteiger partial charge is 0.488 e. The summed E-state index contributed by atoms with van der Waals surface area (Å²) in [7, 11) is -1.34. The van der Waals surface area contributed by atoms with E-state index in [1.54, 1.807) is 61.8 Å². The van der Waals surface area contributed by atoms with Crippen LogP contribution in [-0.4, -0.2) is 179 Å². The molecule has 15 aromatic rings. The monoisotopic (exact) mass is 2050 g/mol. The molecule has 31 nitrogen and oxygen atoms in total. The van der Waals surface area contributed by atoms with Crippen molar-refractivity contribution in [2.75, 3.05) is 67.1 Å². The van der Waals surface area contributed by atoms with Crippen LogP contribution < -0.4 is 47.2 Å². The average molecular weight is 2060 g/mol. The zero-order chi connectivity index (χ0) is 96.9. The Bertz CT molecular complexity index is 6590. The Morgan fingerprint density at radius 1 is 0.418 bits per heavy atom. The van der Waals surface area contributed by atoms with Crippen molar-refractivity contribution in [3.8, 4) is 11.4 Å². The zero-order valence-corrected chi connectivity index (χ0v) is 84.8. The number of alkyl carbamates (subject to hydrolysis) is 3. The number of anilines is 3. The number of rotatable bonds is 9. The van der Waals surface area contributed by atoms with Crippen molar-refractivity contribution >= 4 is 140 Å². The lowest BCUT2D eigenvalue weighted by atomic mass is 9.72. The van der Waals surface area contributed by atoms with Gasteiger partial charge in [0.15, 0.2) is 16.9 Å². The van der Waals surface area contributed by atoms with Gasteiger partial charge in [0.2, 0.25) is 0 Å². The lowest BCUT2D eigenvalue weighted by Gasteiger charge is -2.44. The SMILES string of the molecule is CC(C)(C)OC(=O)N[C@@H]1c2ccccc2CC12CCN(c1ncnc3[nH]ncc13)CC2.CC(C)(C)OC(=O)N[C@@H]1c2ccccc2CC12CCN(c1ncnc3c1cnn3-c1ccccc1)CC2.CC(C)(C)OC(=O)N[C@@H]1c2ccccc2CC12CCN(c1ncnc3c1cnn3-c1ccccc1)CC2.Cl.Clc1nccc2[nH]ncc12.I.N[C@@H]1c2ccccc2CC12CCNCC2.OB(O)c1ccccc1. The summed E-state index contributed by atoms with van der Waals surface area (Å²) in [5, 5.41) is 57.3. The predicted octanol–water partition coefficient (Wildman–Crippen LogP) is 17.8. The molecule has 10 N–H and O–H groups in total. The number of carbonyl (C=O) groups is 3. The molecule has 4 spiro atoms. The number of aromatic nitrogens is 15. The molecule has 12 heterocycles. The molecule has 3 amide bonds. The number of nitrogens with zero attached hydrogens (tertiary/aromatic N) is 16. The number of para-hydroxylation sites is 2. The van der Waals surface area contributed by atoms with Crippen molar-refractivity contribution in [1.29, 1.82) is 0 Å². The van der Waals surface area contributed by atoms with Gasteiger partial charge in [0.1, 0.15) is 58.4 Å². The molecule has 8 aromatic heterocycles. The molecule has 8 aliphatic rings. The maximum atomic E-state index is 12.8. The van der Waals surface area contributed by atoms with Crippen molar-refractivity contribution in [3.05, 3.63) is 294 Å². The first-order valence-corrected chi connectivity index (χ1v) is 48.4. The molecule has 35 heteroatoms. The Labute approximate surface area is 849 Å². The summed E-state index contributed by atoms with van der Waals surface area (Å²) < 4.78 is 20.6. The molecule has 0 unspecified atom stereocenters. The third-order valence-electron chi connectivity index (χ3n) is 28.3. The van der Waals surface area contributed by atoms with Crippen LogP contribution in [0.15, 0.2) is 244 Å². The first-order chi connectivity index (χ1) is 67.0. The van der Waals surface area contributed by atoms with Crippen LogP contribution in [0.3, 0.4) is 0 Å². The molecular weight excluding hydrogens is 1930 g/mol. The van der Waals surface area contributed by atoms with E-state index in [0.29, 0.717) is 16.0 Å². The second-order valence-corrected chi connectivity index (χ2v) is 40.9. The van der Waals surface area contributed by atoms with Crippen LogP contribution in [0.4, 0.5) is 31.8 Å². The normalized spacial score (nSPS) is 18.5. The molecule has 0 bridgehead atoms. The fourth-order valence-electron chi connectivity index (χ4n) is 21.6. The smallest absolute Gasteiger partial charge is 0.444 e. The van der Waals surface area contributed by atoms with E-state index in [0.717, 1.165) is 183 Å². The summed E-state index contributed by atoms with van der Waals surface area (Å²) >= 11 is 5.73. The minimum Gasteiger partial charge on any atom is -0.444 e. The summed E-state index contributed by atoms with van der Waals surface area (Å²) in [4.78, 5) is 76.4. The molecule has 4 fully saturated rings. The first-order valence-electron chi connectivity index (χ1n) is 48.0. The maximum absolute atomic E-state index is 12.8. The predicted molar refractivity (Wildman–Crippen MR) is 563 cm³/mol. The summed E-state index contributed by atoms with van der Waals surface area (Å²) in [6, 6.07) is 64.7. The van der Waals surface area contributed by atoms with Crippen LogP contribution in [0.5, 0.6) is 0 Å². The van der Waals surface area contributed by atoms with E-state index in [-0.39, 0.29) is 95.1 Å². The van der Waals surface area contributed by atoms with Crippen LogP contribution in [0.1, 0.15) is 182 Å². The summed E-state index contributed by atoms with van der Waals surface area (Å²) in [6.07, 6.45) is 24.7. The number of carbonyl (C=O) groups excluding carboxylic acids is 3. The number of aromatic amines is 2. The van der Waals surface area contributed by atoms with Crippen molar-refractivity contribution in [3.63, 3.8) is 0 Å². The minimum absolute atomic E-state index is 0. The minimum atomic E-state index is -1.34. The molecule has 23 rings (SSSR count). The number of halogens is 3. The fraction of sp³-hybridized carbons (Fsp3) is 0.377. The van der Waals surface area contributed by atoms with Crippen LogP contribution >= 0.6 is 48.0 Å². The van der Waals surface area contributed by atoms with Crippen LogP contribution in [0, 0.1) is 21.7 Å². The quantitative estimate of drug-likeness (QED) is 0.0280. The molecule has 7 aromatic carbocycles. The number of benzene rings is 7. The van der Waals surface area contributed by atoms with Gasteiger partial charge in [-0.05, 0) is 238 Å². The topological polar surface area (TPSA) is 386 Å². The summed E-state index contributed by atoms with van der Waals surface area (Å²) in [5.41, 5.74) is 21.2. The summed E-state index contributed by atoms with van der Waals surface area (Å²) in [6.45, 7) is 24.4. The number of pyridine rings is 1. The number of hydrogen-bond acceptors (Lipinski definition) is 24. The molecule has 0 radical (unpaired) electrons. The number of nitrogens with one attached hydrogen (secondary N) is 6. The van der Waals surface area contributed by atoms with Crippen molar-refractivity contribution < 1.29 is 38.6 Å². The average Bonchev–Trinajstić information content (AvgIpc) is 1.61. The fourth-order valence-corrected chi connectivity index (χ4v) is 21.8. The van der Waals surface area contributed by atoms with Gasteiger partial charge in [0.25, 0.3) is 0 Å². The third-order valence-corrected chi connectivity index (χ3v) is 28.6. The van der Waals surface area contributed by atoms with Gasteiger partial charge in [0.05, 0.1) is 81.3 Å². The molecule has 4 atom stereocenters. The van der Waals surface area contributed by atoms with Crippen molar-refractivity contribution in [2.24, 2.45) is 27.4 Å². The van der Waals surface area contributed by atoms with Gasteiger partial charge in [-0.1, -0.05) is 175 Å². The Morgan fingerprint density at radius 2 is 0.766 bits per heavy atom. The van der Waals surface area contributed by atoms with Crippen molar-refractivity contribution in [2.45, 2.75) is 180 Å². The highest BCUT2D eigenvalue weighted by atomic mass is 127. The van der Waals surface area contributed by atoms with E-state index in [9.17, 15) is 14.4 Å². The molecule has 734 valence electrons. The van der Waals surface area contributed by atoms with E-state index < -0.39 is 23.9 Å². The number of ether oxygens (including phenoxy) is 3. The molecule has 4 aliphatic carbocycles. The van der Waals surface area contributed by atoms with Crippen molar-refractivity contribution in [1.82, 2.24) is 96.1 Å². The highest BCUT2D eigenvalue weighted by Crippen LogP contribution is 2.57. The maximum Gasteiger partial charge on any atom is 0.488 e. The highest BCUT2D eigenvalue weighted by molar-refractivity contribution is 14.0. The number of hydrogen-bond donors (Lipinski definition) is 9. The number of fused-ring (bicyclic) bond motifs is 8. The standard InChI is InChI=1S/2C29H32N6O2.C23H28N6O2.C13H18N2.C6H7BO2.C6H4ClN3.ClH.HI/c2*1-28(2,3)37-27(36)33-24-22-12-8-7-9-20(22)17-29(24)13-15-34(16-14-29)25-23-18-32-35(26(23)31-19-30-25)21-10-5-4-6-11-21;1-22(2,3)31-21(30)27-18-16-7-5-4-6-15(16)12-23(18)8-10-29(11-9-23)20-17-13-26-28-19(17)24-14-25-20;14-12-11-4-2-1-3-10(11)9-13(12)5-7-15-8-6-13;8-7(9)6-4-2-1-3-5-6;7-6-4-3-9-10-5(4)1-2-8-6;;/h2*4-12,18-19,24H,13-17H2,1-3H3,(H,33,36);4-7,13-14,18H,8-12H2,1-3H3,(H,27,30)(H,24,25,26,28);1-4,12,15H,5-9,14H2;1-5,8-9H;1-3H,(H,9,10);2*1H/t2*24-;18-;12-;;;;/m1111..../s1. The molecular formula is C106H123BCl2IN23O8. The van der Waals surface area contributed by atoms with E-state index in [1.807, 2.05) is 163 Å². The second kappa shape index (κ2) is 43.0. The van der Waals surface area contributed by atoms with Gasteiger partial charge in [0, 0.05) is 67.8 Å². The van der Waals surface area contributed by atoms with E-state index in [1.165, 1.54) is 63.8 Å². The number of piperidine rings is 4. The molecule has 4 aliphatic heterocycles. The van der Waals surface area contributed by atoms with Crippen LogP contribution in [0.2, 0.25) is 5.15 Å². The first kappa shape index (κ1) is 101. The lowest BCUT2D eigenvalue weighted by molar-refractivity contribution is 0.0418. The second-order valence-electron chi connectivity index (χ2n) is 40.6. The molecule has 0 saturated carbocycles. The number of amides is 3. The van der Waals surface area contributed by atoms with Gasteiger partial charge >= 0.3 is 25.4 Å². The van der Waals surface area contributed by atoms with Gasteiger partial charge in [-0.3, -0.25) is 10.2 Å². The number of H-pyrrole nitrogens is 2. The Morgan fingerprint density at radius 3 is 1.15 bits per heavy atom. The third kappa shape index (κ3) is 22.4. The Balaban J connectivity index is 0.000000130. The van der Waals surface area contributed by atoms with Gasteiger partial charge in [-0.15, -0.1) is 36.4 Å². The van der Waals surface area contributed by atoms with Gasteiger partial charge in [-0.2, -0.15) is 20.4 Å². The molecule has 141 heavy (non-hydrogen) atoms. The molecule has 4 saturated heterocycles. The lowest BCUT2D eigenvalue weighted by Crippen LogP contribution is -2.48. The van der Waals surface area contributed by atoms with E-state index in [4.69, 9.17) is 41.6 Å². The Hall–Kier alpha value is -12.8. The van der Waals surface area contributed by atoms with Gasteiger partial charge < -0.3 is 66.0 Å². The van der Waals surface area contributed by atoms with Gasteiger partial charge in [-0.25, -0.2) is 58.6 Å². The van der Waals surface area contributed by atoms with E-state index in [2.05, 4.69) is 192 Å². The van der Waals surface area contributed by atoms with Crippen LogP contribution in [0.25, 0.3) is 55.4 Å². The summed E-state index contributed by atoms with van der Waals surface area (Å²) in [5.74, 6) is 2.74. The number of nitrogens with two attached hydrogens (primary N) is 1. The highest BCUT2D eigenvalue weighted by Gasteiger charge is 2.53. The van der Waals surface area contributed by atoms with E-state index >= 15 is 0 Å².